The van der Waals surface area contributed by atoms with Gasteiger partial charge in [-0.1, -0.05) is 18.2 Å². The van der Waals surface area contributed by atoms with Crippen LogP contribution in [-0.2, 0) is 11.2 Å². The van der Waals surface area contributed by atoms with Gasteiger partial charge in [0.2, 0.25) is 0 Å². The zero-order valence-electron chi connectivity index (χ0n) is 15.6. The van der Waals surface area contributed by atoms with E-state index in [2.05, 4.69) is 0 Å². The van der Waals surface area contributed by atoms with Crippen molar-refractivity contribution in [1.82, 2.24) is 0 Å². The van der Waals surface area contributed by atoms with Crippen LogP contribution in [0.3, 0.4) is 0 Å². The molecule has 5 heteroatoms. The highest BCUT2D eigenvalue weighted by molar-refractivity contribution is 5.95. The van der Waals surface area contributed by atoms with Gasteiger partial charge in [-0.2, -0.15) is 0 Å². The zero-order chi connectivity index (χ0) is 18.9. The topological polar surface area (TPSA) is 54.0 Å². The van der Waals surface area contributed by atoms with Crippen LogP contribution < -0.4 is 18.9 Å². The maximum atomic E-state index is 12.3. The Kier molecular flexibility index (Phi) is 7.09. The fraction of sp³-hybridized carbons (Fsp3) is 0.286. The van der Waals surface area contributed by atoms with E-state index in [0.717, 1.165) is 11.1 Å². The third kappa shape index (κ3) is 5.02. The maximum absolute atomic E-state index is 12.3. The van der Waals surface area contributed by atoms with Gasteiger partial charge in [0.15, 0.2) is 28.8 Å². The number of ketones is 1. The summed E-state index contributed by atoms with van der Waals surface area (Å²) in [6.07, 6.45) is 3.62. The highest BCUT2D eigenvalue weighted by Gasteiger charge is 2.08. The Morgan fingerprint density at radius 1 is 0.885 bits per heavy atom. The monoisotopic (exact) mass is 356 g/mol. The number of hydrogen-bond acceptors (Lipinski definition) is 5. The van der Waals surface area contributed by atoms with E-state index < -0.39 is 0 Å². The summed E-state index contributed by atoms with van der Waals surface area (Å²) < 4.78 is 21.3. The Morgan fingerprint density at radius 3 is 2.19 bits per heavy atom. The second kappa shape index (κ2) is 9.51. The molecule has 0 radical (unpaired) electrons. The quantitative estimate of drug-likeness (QED) is 0.637. The van der Waals surface area contributed by atoms with Crippen molar-refractivity contribution in [2.24, 2.45) is 0 Å². The first-order valence-corrected chi connectivity index (χ1v) is 8.34. The number of rotatable bonds is 9. The molecular formula is C21H24O5. The standard InChI is InChI=1S/C21H24O5/c1-5-26-21-13-15(7-10-19(21)24-3)6-9-17(22)12-16-8-11-18(23-2)20(14-16)25-4/h6-11,13-14H,5,12H2,1-4H3. The molecule has 0 saturated carbocycles. The molecule has 0 bridgehead atoms. The molecule has 2 rings (SSSR count). The number of benzene rings is 2. The summed E-state index contributed by atoms with van der Waals surface area (Å²) in [6, 6.07) is 11.0. The molecule has 0 aliphatic carbocycles. The summed E-state index contributed by atoms with van der Waals surface area (Å²) in [4.78, 5) is 12.3. The van der Waals surface area contributed by atoms with Crippen molar-refractivity contribution in [2.75, 3.05) is 27.9 Å². The molecule has 0 aromatic heterocycles. The van der Waals surface area contributed by atoms with Gasteiger partial charge >= 0.3 is 0 Å². The Morgan fingerprint density at radius 2 is 1.54 bits per heavy atom. The Labute approximate surface area is 154 Å². The van der Waals surface area contributed by atoms with Crippen LogP contribution in [0.25, 0.3) is 6.08 Å². The second-order valence-corrected chi connectivity index (χ2v) is 5.51. The van der Waals surface area contributed by atoms with Gasteiger partial charge < -0.3 is 18.9 Å². The van der Waals surface area contributed by atoms with Crippen molar-refractivity contribution in [3.8, 4) is 23.0 Å². The van der Waals surface area contributed by atoms with Crippen LogP contribution in [0.5, 0.6) is 23.0 Å². The van der Waals surface area contributed by atoms with Crippen LogP contribution in [0.1, 0.15) is 18.1 Å². The number of allylic oxidation sites excluding steroid dienone is 1. The van der Waals surface area contributed by atoms with Crippen molar-refractivity contribution in [3.63, 3.8) is 0 Å². The minimum absolute atomic E-state index is 0.00834. The molecule has 0 aliphatic rings. The third-order valence-corrected chi connectivity index (χ3v) is 3.78. The molecule has 2 aromatic carbocycles. The average molecular weight is 356 g/mol. The predicted octanol–water partition coefficient (Wildman–Crippen LogP) is 3.94. The fourth-order valence-corrected chi connectivity index (χ4v) is 2.51. The number of carbonyl (C=O) groups is 1. The molecule has 26 heavy (non-hydrogen) atoms. The van der Waals surface area contributed by atoms with Crippen LogP contribution in [0.2, 0.25) is 0 Å². The van der Waals surface area contributed by atoms with Crippen molar-refractivity contribution in [2.45, 2.75) is 13.3 Å². The van der Waals surface area contributed by atoms with Crippen LogP contribution in [0.15, 0.2) is 42.5 Å². The summed E-state index contributed by atoms with van der Waals surface area (Å²) >= 11 is 0. The summed E-state index contributed by atoms with van der Waals surface area (Å²) in [5, 5.41) is 0. The number of hydrogen-bond donors (Lipinski definition) is 0. The highest BCUT2D eigenvalue weighted by atomic mass is 16.5. The number of ether oxygens (including phenoxy) is 4. The van der Waals surface area contributed by atoms with Gasteiger partial charge in [-0.3, -0.25) is 4.79 Å². The first-order chi connectivity index (χ1) is 12.6. The molecule has 0 spiro atoms. The summed E-state index contributed by atoms with van der Waals surface area (Å²) in [5.41, 5.74) is 1.73. The van der Waals surface area contributed by atoms with Crippen LogP contribution in [0, 0.1) is 0 Å². The summed E-state index contributed by atoms with van der Waals surface area (Å²) in [6.45, 7) is 2.45. The van der Waals surface area contributed by atoms with Crippen molar-refractivity contribution >= 4 is 11.9 Å². The summed E-state index contributed by atoms with van der Waals surface area (Å²) in [7, 11) is 4.75. The normalized spacial score (nSPS) is 10.6. The molecule has 138 valence electrons. The van der Waals surface area contributed by atoms with Crippen molar-refractivity contribution < 1.29 is 23.7 Å². The zero-order valence-corrected chi connectivity index (χ0v) is 15.6. The van der Waals surface area contributed by atoms with E-state index in [4.69, 9.17) is 18.9 Å². The van der Waals surface area contributed by atoms with E-state index in [1.807, 2.05) is 37.3 Å². The maximum Gasteiger partial charge on any atom is 0.161 e. The lowest BCUT2D eigenvalue weighted by molar-refractivity contribution is -0.113. The predicted molar refractivity (Wildman–Crippen MR) is 101 cm³/mol. The van der Waals surface area contributed by atoms with Crippen molar-refractivity contribution in [1.29, 1.82) is 0 Å². The fourth-order valence-electron chi connectivity index (χ4n) is 2.51. The van der Waals surface area contributed by atoms with Gasteiger partial charge in [0.05, 0.1) is 27.9 Å². The molecule has 0 fully saturated rings. The minimum atomic E-state index is -0.00834. The van der Waals surface area contributed by atoms with E-state index in [1.165, 1.54) is 0 Å². The van der Waals surface area contributed by atoms with Gasteiger partial charge in [0.1, 0.15) is 0 Å². The number of methoxy groups -OCH3 is 3. The molecule has 0 amide bonds. The van der Waals surface area contributed by atoms with Gasteiger partial charge in [-0.15, -0.1) is 0 Å². The molecule has 0 N–H and O–H groups in total. The molecular weight excluding hydrogens is 332 g/mol. The van der Waals surface area contributed by atoms with Crippen LogP contribution in [0.4, 0.5) is 0 Å². The summed E-state index contributed by atoms with van der Waals surface area (Å²) in [5.74, 6) is 2.57. The Balaban J connectivity index is 2.08. The molecule has 2 aromatic rings. The van der Waals surface area contributed by atoms with E-state index in [9.17, 15) is 4.79 Å². The molecule has 0 heterocycles. The molecule has 0 atom stereocenters. The molecule has 0 unspecified atom stereocenters. The van der Waals surface area contributed by atoms with Gasteiger partial charge in [0.25, 0.3) is 0 Å². The largest absolute Gasteiger partial charge is 0.493 e. The Hall–Kier alpha value is -2.95. The highest BCUT2D eigenvalue weighted by Crippen LogP contribution is 2.29. The van der Waals surface area contributed by atoms with Gasteiger partial charge in [-0.05, 0) is 48.4 Å². The minimum Gasteiger partial charge on any atom is -0.493 e. The first-order valence-electron chi connectivity index (χ1n) is 8.34. The SMILES string of the molecule is CCOc1cc(C=CC(=O)Cc2ccc(OC)c(OC)c2)ccc1OC. The number of carbonyl (C=O) groups excluding carboxylic acids is 1. The lowest BCUT2D eigenvalue weighted by Gasteiger charge is -2.09. The van der Waals surface area contributed by atoms with E-state index in [0.29, 0.717) is 29.6 Å². The third-order valence-electron chi connectivity index (χ3n) is 3.78. The lowest BCUT2D eigenvalue weighted by atomic mass is 10.1. The van der Waals surface area contributed by atoms with Crippen molar-refractivity contribution in [3.05, 3.63) is 53.6 Å². The van der Waals surface area contributed by atoms with E-state index in [1.54, 1.807) is 39.5 Å². The van der Waals surface area contributed by atoms with Gasteiger partial charge in [0, 0.05) is 6.42 Å². The smallest absolute Gasteiger partial charge is 0.161 e. The molecule has 0 saturated heterocycles. The molecule has 0 aliphatic heterocycles. The van der Waals surface area contributed by atoms with Gasteiger partial charge in [-0.25, -0.2) is 0 Å². The van der Waals surface area contributed by atoms with Crippen LogP contribution >= 0.6 is 0 Å². The lowest BCUT2D eigenvalue weighted by Crippen LogP contribution is -2.00. The van der Waals surface area contributed by atoms with E-state index in [-0.39, 0.29) is 12.2 Å². The Bertz CT molecular complexity index is 780. The average Bonchev–Trinajstić information content (AvgIpc) is 2.66. The van der Waals surface area contributed by atoms with E-state index >= 15 is 0 Å². The first kappa shape index (κ1) is 19.4. The molecule has 5 nitrogen and oxygen atoms in total. The van der Waals surface area contributed by atoms with Crippen LogP contribution in [-0.4, -0.2) is 33.7 Å². The second-order valence-electron chi connectivity index (χ2n) is 5.51.